The SMILES string of the molecule is CN(CCNC(=O)CC(C)(C)C(=O)O)C1CC1. The maximum Gasteiger partial charge on any atom is 0.309 e. The number of hydrogen-bond acceptors (Lipinski definition) is 3. The van der Waals surface area contributed by atoms with Crippen LogP contribution in [0.1, 0.15) is 33.1 Å². The van der Waals surface area contributed by atoms with Crippen molar-refractivity contribution < 1.29 is 14.7 Å². The molecule has 0 unspecified atom stereocenters. The van der Waals surface area contributed by atoms with Crippen molar-refractivity contribution in [1.29, 1.82) is 0 Å². The second kappa shape index (κ2) is 5.49. The second-order valence-corrected chi connectivity index (χ2v) is 5.43. The van der Waals surface area contributed by atoms with Gasteiger partial charge in [-0.25, -0.2) is 0 Å². The van der Waals surface area contributed by atoms with Gasteiger partial charge in [-0.3, -0.25) is 9.59 Å². The molecular formula is C12H22N2O3. The molecule has 0 aliphatic heterocycles. The van der Waals surface area contributed by atoms with Gasteiger partial charge in [-0.1, -0.05) is 0 Å². The highest BCUT2D eigenvalue weighted by molar-refractivity contribution is 5.84. The summed E-state index contributed by atoms with van der Waals surface area (Å²) in [6.45, 7) is 4.53. The first-order chi connectivity index (χ1) is 7.83. The minimum absolute atomic E-state index is 0.0233. The van der Waals surface area contributed by atoms with Gasteiger partial charge in [0.2, 0.25) is 5.91 Å². The molecule has 0 aromatic rings. The van der Waals surface area contributed by atoms with E-state index in [1.807, 2.05) is 7.05 Å². The summed E-state index contributed by atoms with van der Waals surface area (Å²) in [4.78, 5) is 24.6. The van der Waals surface area contributed by atoms with Crippen molar-refractivity contribution in [2.45, 2.75) is 39.2 Å². The van der Waals surface area contributed by atoms with E-state index in [4.69, 9.17) is 5.11 Å². The van der Waals surface area contributed by atoms with Gasteiger partial charge in [-0.15, -0.1) is 0 Å². The monoisotopic (exact) mass is 242 g/mol. The molecule has 5 heteroatoms. The molecule has 1 aliphatic carbocycles. The lowest BCUT2D eigenvalue weighted by molar-refractivity contribution is -0.149. The third-order valence-corrected chi connectivity index (χ3v) is 3.14. The van der Waals surface area contributed by atoms with Gasteiger partial charge in [0.05, 0.1) is 5.41 Å². The Morgan fingerprint density at radius 1 is 1.41 bits per heavy atom. The maximum atomic E-state index is 11.5. The van der Waals surface area contributed by atoms with Crippen LogP contribution in [0.15, 0.2) is 0 Å². The van der Waals surface area contributed by atoms with Gasteiger partial charge in [0.25, 0.3) is 0 Å². The van der Waals surface area contributed by atoms with Crippen LogP contribution in [0.3, 0.4) is 0 Å². The van der Waals surface area contributed by atoms with Crippen molar-refractivity contribution in [1.82, 2.24) is 10.2 Å². The predicted octanol–water partition coefficient (Wildman–Crippen LogP) is 0.698. The molecule has 0 atom stereocenters. The van der Waals surface area contributed by atoms with Crippen LogP contribution >= 0.6 is 0 Å². The first-order valence-electron chi connectivity index (χ1n) is 6.03. The molecule has 1 amide bonds. The Morgan fingerprint density at radius 3 is 2.47 bits per heavy atom. The largest absolute Gasteiger partial charge is 0.481 e. The Balaban J connectivity index is 2.18. The Bertz CT molecular complexity index is 298. The zero-order valence-electron chi connectivity index (χ0n) is 10.8. The molecule has 98 valence electrons. The molecule has 1 saturated carbocycles. The topological polar surface area (TPSA) is 69.6 Å². The van der Waals surface area contributed by atoms with E-state index in [0.29, 0.717) is 12.6 Å². The molecule has 5 nitrogen and oxygen atoms in total. The molecule has 1 aliphatic rings. The minimum Gasteiger partial charge on any atom is -0.481 e. The van der Waals surface area contributed by atoms with E-state index >= 15 is 0 Å². The van der Waals surface area contributed by atoms with Gasteiger partial charge in [-0.05, 0) is 33.7 Å². The van der Waals surface area contributed by atoms with Crippen molar-refractivity contribution >= 4 is 11.9 Å². The molecular weight excluding hydrogens is 220 g/mol. The molecule has 0 saturated heterocycles. The van der Waals surface area contributed by atoms with Crippen LogP contribution < -0.4 is 5.32 Å². The second-order valence-electron chi connectivity index (χ2n) is 5.43. The smallest absolute Gasteiger partial charge is 0.309 e. The zero-order chi connectivity index (χ0) is 13.1. The third-order valence-electron chi connectivity index (χ3n) is 3.14. The standard InChI is InChI=1S/C12H22N2O3/c1-12(2,11(16)17)8-10(15)13-6-7-14(3)9-4-5-9/h9H,4-8H2,1-3H3,(H,13,15)(H,16,17). The first-order valence-corrected chi connectivity index (χ1v) is 6.03. The molecule has 0 spiro atoms. The first kappa shape index (κ1) is 14.0. The van der Waals surface area contributed by atoms with Crippen molar-refractivity contribution in [2.24, 2.45) is 5.41 Å². The molecule has 1 rings (SSSR count). The van der Waals surface area contributed by atoms with Gasteiger partial charge in [0.1, 0.15) is 0 Å². The lowest BCUT2D eigenvalue weighted by Crippen LogP contribution is -2.37. The normalized spacial score (nSPS) is 16.0. The fourth-order valence-corrected chi connectivity index (χ4v) is 1.61. The number of hydrogen-bond donors (Lipinski definition) is 2. The van der Waals surface area contributed by atoms with Crippen molar-refractivity contribution in [3.05, 3.63) is 0 Å². The van der Waals surface area contributed by atoms with E-state index < -0.39 is 11.4 Å². The molecule has 1 fully saturated rings. The van der Waals surface area contributed by atoms with E-state index in [1.54, 1.807) is 13.8 Å². The lowest BCUT2D eigenvalue weighted by Gasteiger charge is -2.19. The van der Waals surface area contributed by atoms with Gasteiger partial charge in [-0.2, -0.15) is 0 Å². The number of likely N-dealkylation sites (N-methyl/N-ethyl adjacent to an activating group) is 1. The average molecular weight is 242 g/mol. The van der Waals surface area contributed by atoms with E-state index in [1.165, 1.54) is 12.8 Å². The van der Waals surface area contributed by atoms with Gasteiger partial charge in [0.15, 0.2) is 0 Å². The highest BCUT2D eigenvalue weighted by atomic mass is 16.4. The molecule has 0 aromatic heterocycles. The zero-order valence-corrected chi connectivity index (χ0v) is 10.8. The summed E-state index contributed by atoms with van der Waals surface area (Å²) in [6.07, 6.45) is 2.52. The Kier molecular flexibility index (Phi) is 4.51. The van der Waals surface area contributed by atoms with Crippen molar-refractivity contribution in [2.75, 3.05) is 20.1 Å². The minimum atomic E-state index is -0.994. The van der Waals surface area contributed by atoms with Crippen molar-refractivity contribution in [3.8, 4) is 0 Å². The van der Waals surface area contributed by atoms with Crippen LogP contribution in [-0.2, 0) is 9.59 Å². The fourth-order valence-electron chi connectivity index (χ4n) is 1.61. The number of amides is 1. The Hall–Kier alpha value is -1.10. The van der Waals surface area contributed by atoms with Gasteiger partial charge < -0.3 is 15.3 Å². The highest BCUT2D eigenvalue weighted by Gasteiger charge is 2.30. The van der Waals surface area contributed by atoms with Crippen LogP contribution in [0, 0.1) is 5.41 Å². The number of carbonyl (C=O) groups excluding carboxylic acids is 1. The van der Waals surface area contributed by atoms with E-state index in [-0.39, 0.29) is 12.3 Å². The number of aliphatic carboxylic acids is 1. The average Bonchev–Trinajstić information content (AvgIpc) is 2.99. The number of carbonyl (C=O) groups is 2. The van der Waals surface area contributed by atoms with Crippen LogP contribution in [0.5, 0.6) is 0 Å². The predicted molar refractivity (Wildman–Crippen MR) is 64.7 cm³/mol. The fraction of sp³-hybridized carbons (Fsp3) is 0.833. The van der Waals surface area contributed by atoms with Crippen LogP contribution in [0.25, 0.3) is 0 Å². The number of carboxylic acids is 1. The number of rotatable bonds is 7. The molecule has 0 bridgehead atoms. The van der Waals surface area contributed by atoms with E-state index in [9.17, 15) is 9.59 Å². The van der Waals surface area contributed by atoms with E-state index in [0.717, 1.165) is 6.54 Å². The summed E-state index contributed by atoms with van der Waals surface area (Å²) in [5, 5.41) is 11.7. The molecule has 0 heterocycles. The van der Waals surface area contributed by atoms with Gasteiger partial charge >= 0.3 is 5.97 Å². The van der Waals surface area contributed by atoms with Crippen molar-refractivity contribution in [3.63, 3.8) is 0 Å². The summed E-state index contributed by atoms with van der Waals surface area (Å²) < 4.78 is 0. The summed E-state index contributed by atoms with van der Waals surface area (Å²) in [5.41, 5.74) is -0.994. The maximum absolute atomic E-state index is 11.5. The van der Waals surface area contributed by atoms with Crippen LogP contribution in [-0.4, -0.2) is 48.1 Å². The highest BCUT2D eigenvalue weighted by Crippen LogP contribution is 2.24. The van der Waals surface area contributed by atoms with Crippen LogP contribution in [0.2, 0.25) is 0 Å². The quantitative estimate of drug-likeness (QED) is 0.689. The summed E-state index contributed by atoms with van der Waals surface area (Å²) in [6, 6.07) is 0.683. The number of nitrogens with zero attached hydrogens (tertiary/aromatic N) is 1. The molecule has 17 heavy (non-hydrogen) atoms. The van der Waals surface area contributed by atoms with Crippen LogP contribution in [0.4, 0.5) is 0 Å². The summed E-state index contributed by atoms with van der Waals surface area (Å²) in [5.74, 6) is -1.13. The summed E-state index contributed by atoms with van der Waals surface area (Å²) >= 11 is 0. The number of carboxylic acid groups (broad SMARTS) is 1. The van der Waals surface area contributed by atoms with E-state index in [2.05, 4.69) is 10.2 Å². The Labute approximate surface area is 102 Å². The lowest BCUT2D eigenvalue weighted by atomic mass is 9.89. The third kappa shape index (κ3) is 4.73. The summed E-state index contributed by atoms with van der Waals surface area (Å²) in [7, 11) is 2.05. The molecule has 0 aromatic carbocycles. The molecule has 2 N–H and O–H groups in total. The number of nitrogens with one attached hydrogen (secondary N) is 1. The Morgan fingerprint density at radius 2 is 2.00 bits per heavy atom. The van der Waals surface area contributed by atoms with Gasteiger partial charge in [0, 0.05) is 25.6 Å². The molecule has 0 radical (unpaired) electrons.